The molecule has 98 valence electrons. The molecule has 2 aromatic rings. The highest BCUT2D eigenvalue weighted by atomic mass is 16.2. The smallest absolute Gasteiger partial charge is 0.233 e. The summed E-state index contributed by atoms with van der Waals surface area (Å²) in [6.07, 6.45) is 1.88. The quantitative estimate of drug-likeness (QED) is 0.895. The Hall–Kier alpha value is -2.10. The third-order valence-electron chi connectivity index (χ3n) is 3.70. The van der Waals surface area contributed by atoms with E-state index in [0.717, 1.165) is 24.4 Å². The molecule has 1 amide bonds. The average molecular weight is 255 g/mol. The van der Waals surface area contributed by atoms with E-state index in [9.17, 15) is 4.79 Å². The molecule has 1 aromatic carbocycles. The first-order valence-electron chi connectivity index (χ1n) is 6.54. The van der Waals surface area contributed by atoms with Crippen LogP contribution in [0.1, 0.15) is 29.2 Å². The summed E-state index contributed by atoms with van der Waals surface area (Å²) >= 11 is 0. The Morgan fingerprint density at radius 1 is 1.42 bits per heavy atom. The average Bonchev–Trinajstić information content (AvgIpc) is 2.93. The van der Waals surface area contributed by atoms with Gasteiger partial charge in [-0.15, -0.1) is 0 Å². The highest BCUT2D eigenvalue weighted by Gasteiger charge is 2.28. The van der Waals surface area contributed by atoms with E-state index in [-0.39, 0.29) is 11.8 Å². The van der Waals surface area contributed by atoms with Crippen molar-refractivity contribution in [1.82, 2.24) is 9.78 Å². The molecule has 1 aromatic heterocycles. The monoisotopic (exact) mass is 255 g/mol. The highest BCUT2D eigenvalue weighted by molar-refractivity contribution is 5.96. The number of carbonyl (C=O) groups excluding carboxylic acids is 1. The summed E-state index contributed by atoms with van der Waals surface area (Å²) in [6, 6.07) is 10.1. The number of benzene rings is 1. The van der Waals surface area contributed by atoms with E-state index < -0.39 is 0 Å². The fourth-order valence-electron chi connectivity index (χ4n) is 2.77. The van der Waals surface area contributed by atoms with E-state index in [1.165, 1.54) is 11.1 Å². The predicted molar refractivity (Wildman–Crippen MR) is 74.1 cm³/mol. The molecule has 19 heavy (non-hydrogen) atoms. The van der Waals surface area contributed by atoms with Crippen molar-refractivity contribution in [1.29, 1.82) is 0 Å². The Morgan fingerprint density at radius 3 is 2.95 bits per heavy atom. The Bertz CT molecular complexity index is 630. The summed E-state index contributed by atoms with van der Waals surface area (Å²) in [6.45, 7) is 1.92. The van der Waals surface area contributed by atoms with Crippen LogP contribution in [0.5, 0.6) is 0 Å². The van der Waals surface area contributed by atoms with E-state index in [2.05, 4.69) is 22.5 Å². The molecule has 4 heteroatoms. The Labute approximate surface area is 112 Å². The van der Waals surface area contributed by atoms with Gasteiger partial charge in [0.25, 0.3) is 0 Å². The van der Waals surface area contributed by atoms with Gasteiger partial charge in [0.05, 0.1) is 11.6 Å². The maximum absolute atomic E-state index is 12.4. The number of anilines is 1. The molecule has 0 bridgehead atoms. The number of amides is 1. The topological polar surface area (TPSA) is 46.9 Å². The molecule has 0 fully saturated rings. The number of nitrogens with one attached hydrogen (secondary N) is 1. The zero-order chi connectivity index (χ0) is 13.4. The van der Waals surface area contributed by atoms with Crippen molar-refractivity contribution in [2.75, 3.05) is 5.32 Å². The van der Waals surface area contributed by atoms with Crippen LogP contribution in [0, 0.1) is 6.92 Å². The second-order valence-corrected chi connectivity index (χ2v) is 5.07. The van der Waals surface area contributed by atoms with Crippen LogP contribution in [0.2, 0.25) is 0 Å². The second kappa shape index (κ2) is 4.53. The molecule has 0 spiro atoms. The largest absolute Gasteiger partial charge is 0.310 e. The summed E-state index contributed by atoms with van der Waals surface area (Å²) < 4.78 is 1.70. The molecule has 3 rings (SSSR count). The van der Waals surface area contributed by atoms with Crippen LogP contribution in [-0.2, 0) is 18.3 Å². The van der Waals surface area contributed by atoms with Gasteiger partial charge in [0.2, 0.25) is 5.91 Å². The summed E-state index contributed by atoms with van der Waals surface area (Å²) in [7, 11) is 1.84. The lowest BCUT2D eigenvalue weighted by Crippen LogP contribution is -2.20. The first-order chi connectivity index (χ1) is 9.15. The molecule has 0 aliphatic heterocycles. The van der Waals surface area contributed by atoms with Crippen LogP contribution < -0.4 is 5.32 Å². The molecule has 1 N–H and O–H groups in total. The van der Waals surface area contributed by atoms with Crippen molar-refractivity contribution in [3.63, 3.8) is 0 Å². The van der Waals surface area contributed by atoms with Gasteiger partial charge in [-0.25, -0.2) is 0 Å². The van der Waals surface area contributed by atoms with E-state index >= 15 is 0 Å². The lowest BCUT2D eigenvalue weighted by molar-refractivity contribution is -0.117. The normalized spacial score (nSPS) is 17.3. The molecule has 0 unspecified atom stereocenters. The van der Waals surface area contributed by atoms with Crippen LogP contribution in [-0.4, -0.2) is 15.7 Å². The molecule has 1 aliphatic carbocycles. The Kier molecular flexibility index (Phi) is 2.85. The van der Waals surface area contributed by atoms with Gasteiger partial charge in [-0.3, -0.25) is 9.48 Å². The number of rotatable bonds is 2. The Morgan fingerprint density at radius 2 is 2.21 bits per heavy atom. The van der Waals surface area contributed by atoms with Crippen molar-refractivity contribution in [2.24, 2.45) is 7.05 Å². The van der Waals surface area contributed by atoms with Gasteiger partial charge < -0.3 is 5.32 Å². The zero-order valence-electron chi connectivity index (χ0n) is 11.2. The molecular weight excluding hydrogens is 238 g/mol. The summed E-state index contributed by atoms with van der Waals surface area (Å²) in [5, 5.41) is 7.21. The molecule has 0 saturated heterocycles. The van der Waals surface area contributed by atoms with E-state index in [0.29, 0.717) is 0 Å². The molecule has 0 saturated carbocycles. The third-order valence-corrected chi connectivity index (χ3v) is 3.70. The fourth-order valence-corrected chi connectivity index (χ4v) is 2.77. The first-order valence-corrected chi connectivity index (χ1v) is 6.54. The molecular formula is C15H17N3O. The molecule has 1 atom stereocenters. The summed E-state index contributed by atoms with van der Waals surface area (Å²) in [4.78, 5) is 12.4. The molecule has 0 radical (unpaired) electrons. The van der Waals surface area contributed by atoms with Crippen molar-refractivity contribution in [2.45, 2.75) is 25.7 Å². The van der Waals surface area contributed by atoms with Crippen molar-refractivity contribution < 1.29 is 4.79 Å². The lowest BCUT2D eigenvalue weighted by Gasteiger charge is -2.12. The van der Waals surface area contributed by atoms with Crippen molar-refractivity contribution in [3.8, 4) is 0 Å². The number of nitrogens with zero attached hydrogens (tertiary/aromatic N) is 2. The summed E-state index contributed by atoms with van der Waals surface area (Å²) in [5.74, 6) is 0.784. The van der Waals surface area contributed by atoms with Gasteiger partial charge in [-0.2, -0.15) is 5.10 Å². The predicted octanol–water partition coefficient (Wildman–Crippen LogP) is 2.40. The molecule has 1 heterocycles. The van der Waals surface area contributed by atoms with Gasteiger partial charge in [-0.1, -0.05) is 24.3 Å². The highest BCUT2D eigenvalue weighted by Crippen LogP contribution is 2.33. The third kappa shape index (κ3) is 2.14. The fraction of sp³-hybridized carbons (Fsp3) is 0.333. The minimum absolute atomic E-state index is 0.0357. The van der Waals surface area contributed by atoms with Gasteiger partial charge in [0.1, 0.15) is 5.82 Å². The van der Waals surface area contributed by atoms with Crippen LogP contribution in [0.3, 0.4) is 0 Å². The standard InChI is InChI=1S/C15H17N3O/c1-10-9-14(18(2)17-10)16-15(19)13-8-7-11-5-3-4-6-12(11)13/h3-6,9,13H,7-8H2,1-2H3,(H,16,19)/t13-/m1/s1. The Balaban J connectivity index is 1.81. The van der Waals surface area contributed by atoms with Crippen molar-refractivity contribution in [3.05, 3.63) is 47.2 Å². The first kappa shape index (κ1) is 12.0. The molecule has 1 aliphatic rings. The number of fused-ring (bicyclic) bond motifs is 1. The van der Waals surface area contributed by atoms with Gasteiger partial charge >= 0.3 is 0 Å². The van der Waals surface area contributed by atoms with Crippen LogP contribution in [0.25, 0.3) is 0 Å². The zero-order valence-corrected chi connectivity index (χ0v) is 11.2. The van der Waals surface area contributed by atoms with E-state index in [4.69, 9.17) is 0 Å². The van der Waals surface area contributed by atoms with Crippen LogP contribution in [0.4, 0.5) is 5.82 Å². The van der Waals surface area contributed by atoms with Crippen LogP contribution in [0.15, 0.2) is 30.3 Å². The number of aromatic nitrogens is 2. The number of hydrogen-bond donors (Lipinski definition) is 1. The van der Waals surface area contributed by atoms with E-state index in [1.807, 2.05) is 32.2 Å². The van der Waals surface area contributed by atoms with Crippen LogP contribution >= 0.6 is 0 Å². The maximum atomic E-state index is 12.4. The van der Waals surface area contributed by atoms with Crippen molar-refractivity contribution >= 4 is 11.7 Å². The maximum Gasteiger partial charge on any atom is 0.233 e. The number of hydrogen-bond acceptors (Lipinski definition) is 2. The minimum atomic E-state index is -0.0357. The minimum Gasteiger partial charge on any atom is -0.310 e. The van der Waals surface area contributed by atoms with Gasteiger partial charge in [-0.05, 0) is 30.9 Å². The second-order valence-electron chi connectivity index (χ2n) is 5.07. The van der Waals surface area contributed by atoms with Gasteiger partial charge in [0, 0.05) is 13.1 Å². The number of carbonyl (C=O) groups is 1. The summed E-state index contributed by atoms with van der Waals surface area (Å²) in [5.41, 5.74) is 3.37. The van der Waals surface area contributed by atoms with Gasteiger partial charge in [0.15, 0.2) is 0 Å². The SMILES string of the molecule is Cc1cc(NC(=O)[C@@H]2CCc3ccccc32)n(C)n1. The number of aryl methyl sites for hydroxylation is 3. The molecule has 4 nitrogen and oxygen atoms in total. The van der Waals surface area contributed by atoms with E-state index in [1.54, 1.807) is 4.68 Å². The lowest BCUT2D eigenvalue weighted by atomic mass is 10.0.